The van der Waals surface area contributed by atoms with Crippen molar-refractivity contribution in [2.45, 2.75) is 27.2 Å². The number of anilines is 1. The summed E-state index contributed by atoms with van der Waals surface area (Å²) in [5.41, 5.74) is 0.558. The summed E-state index contributed by atoms with van der Waals surface area (Å²) >= 11 is 0. The molecule has 1 aromatic rings. The molecule has 7 nitrogen and oxygen atoms in total. The predicted octanol–water partition coefficient (Wildman–Crippen LogP) is 0.753. The fourth-order valence-electron chi connectivity index (χ4n) is 2.37. The number of carbonyl (C=O) groups excluding carboxylic acids is 2. The van der Waals surface area contributed by atoms with Gasteiger partial charge in [0.25, 0.3) is 0 Å². The number of hydrogen-bond donors (Lipinski definition) is 4. The second-order valence-corrected chi connectivity index (χ2v) is 6.84. The normalized spacial score (nSPS) is 11.5. The lowest BCUT2D eigenvalue weighted by molar-refractivity contribution is -0.138. The number of nitrogens with one attached hydrogen (secondary N) is 2. The largest absolute Gasteiger partial charge is 0.395 e. The Morgan fingerprint density at radius 2 is 1.58 bits per heavy atom. The van der Waals surface area contributed by atoms with Crippen molar-refractivity contribution in [2.75, 3.05) is 44.7 Å². The van der Waals surface area contributed by atoms with Crippen LogP contribution in [0.15, 0.2) is 24.3 Å². The van der Waals surface area contributed by atoms with Gasteiger partial charge in [-0.3, -0.25) is 14.5 Å². The first-order valence-electron chi connectivity index (χ1n) is 8.91. The van der Waals surface area contributed by atoms with E-state index in [9.17, 15) is 9.59 Å². The van der Waals surface area contributed by atoms with Crippen molar-refractivity contribution in [3.63, 3.8) is 0 Å². The van der Waals surface area contributed by atoms with Crippen molar-refractivity contribution in [1.29, 1.82) is 0 Å². The standard InChI is InChI=1S/C19H31N3O4/c1-15-5-7-16(8-6-15)21-18(26)19(2,3)17(25)20-9-4-10-22(11-13-23)12-14-24/h5-8,23-24H,4,9-14H2,1-3H3,(H,20,25)(H,21,26). The van der Waals surface area contributed by atoms with E-state index in [1.165, 1.54) is 0 Å². The summed E-state index contributed by atoms with van der Waals surface area (Å²) < 4.78 is 0. The highest BCUT2D eigenvalue weighted by Crippen LogP contribution is 2.19. The number of nitrogens with zero attached hydrogens (tertiary/aromatic N) is 1. The molecule has 7 heteroatoms. The van der Waals surface area contributed by atoms with Crippen LogP contribution in [0.2, 0.25) is 0 Å². The maximum Gasteiger partial charge on any atom is 0.239 e. The van der Waals surface area contributed by atoms with Gasteiger partial charge in [-0.05, 0) is 45.9 Å². The van der Waals surface area contributed by atoms with Gasteiger partial charge in [-0.1, -0.05) is 17.7 Å². The Kier molecular flexibility index (Phi) is 9.26. The monoisotopic (exact) mass is 365 g/mol. The van der Waals surface area contributed by atoms with E-state index in [4.69, 9.17) is 10.2 Å². The lowest BCUT2D eigenvalue weighted by Gasteiger charge is -2.24. The summed E-state index contributed by atoms with van der Waals surface area (Å²) in [6, 6.07) is 7.40. The minimum atomic E-state index is -1.19. The van der Waals surface area contributed by atoms with Gasteiger partial charge >= 0.3 is 0 Å². The Bertz CT molecular complexity index is 567. The molecule has 1 aromatic carbocycles. The number of aliphatic hydroxyl groups is 2. The third-order valence-corrected chi connectivity index (χ3v) is 4.21. The molecule has 0 spiro atoms. The van der Waals surface area contributed by atoms with Crippen LogP contribution in [0.3, 0.4) is 0 Å². The molecule has 4 N–H and O–H groups in total. The van der Waals surface area contributed by atoms with Crippen molar-refractivity contribution in [3.8, 4) is 0 Å². The van der Waals surface area contributed by atoms with Crippen LogP contribution < -0.4 is 10.6 Å². The van der Waals surface area contributed by atoms with Gasteiger partial charge in [0.15, 0.2) is 0 Å². The van der Waals surface area contributed by atoms with Crippen LogP contribution in [0.4, 0.5) is 5.69 Å². The van der Waals surface area contributed by atoms with Crippen molar-refractivity contribution in [1.82, 2.24) is 10.2 Å². The molecule has 0 saturated carbocycles. The zero-order valence-electron chi connectivity index (χ0n) is 15.9. The summed E-state index contributed by atoms with van der Waals surface area (Å²) in [6.07, 6.45) is 0.668. The second kappa shape index (κ2) is 10.9. The van der Waals surface area contributed by atoms with Gasteiger partial charge in [-0.25, -0.2) is 0 Å². The Balaban J connectivity index is 2.45. The lowest BCUT2D eigenvalue weighted by atomic mass is 9.91. The van der Waals surface area contributed by atoms with E-state index in [-0.39, 0.29) is 25.0 Å². The molecular weight excluding hydrogens is 334 g/mol. The maximum atomic E-state index is 12.4. The van der Waals surface area contributed by atoms with Gasteiger partial charge in [-0.2, -0.15) is 0 Å². The molecule has 0 aliphatic carbocycles. The molecule has 26 heavy (non-hydrogen) atoms. The zero-order chi connectivity index (χ0) is 19.6. The van der Waals surface area contributed by atoms with Crippen LogP contribution in [0.1, 0.15) is 25.8 Å². The molecule has 0 heterocycles. The lowest BCUT2D eigenvalue weighted by Crippen LogP contribution is -2.45. The highest BCUT2D eigenvalue weighted by molar-refractivity contribution is 6.09. The zero-order valence-corrected chi connectivity index (χ0v) is 15.9. The van der Waals surface area contributed by atoms with Crippen LogP contribution in [0.5, 0.6) is 0 Å². The van der Waals surface area contributed by atoms with Crippen LogP contribution >= 0.6 is 0 Å². The molecule has 0 saturated heterocycles. The SMILES string of the molecule is Cc1ccc(NC(=O)C(C)(C)C(=O)NCCCN(CCO)CCO)cc1. The van der Waals surface area contributed by atoms with Crippen molar-refractivity contribution >= 4 is 17.5 Å². The number of aryl methyl sites for hydroxylation is 1. The van der Waals surface area contributed by atoms with Gasteiger partial charge in [-0.15, -0.1) is 0 Å². The average Bonchev–Trinajstić information content (AvgIpc) is 2.60. The van der Waals surface area contributed by atoms with E-state index in [2.05, 4.69) is 10.6 Å². The van der Waals surface area contributed by atoms with Crippen molar-refractivity contribution in [2.24, 2.45) is 5.41 Å². The number of carbonyl (C=O) groups is 2. The van der Waals surface area contributed by atoms with Crippen LogP contribution in [0, 0.1) is 12.3 Å². The van der Waals surface area contributed by atoms with E-state index >= 15 is 0 Å². The van der Waals surface area contributed by atoms with E-state index in [1.54, 1.807) is 26.0 Å². The summed E-state index contributed by atoms with van der Waals surface area (Å²) in [6.45, 7) is 7.25. The Labute approximate surface area is 155 Å². The van der Waals surface area contributed by atoms with Crippen molar-refractivity contribution < 1.29 is 19.8 Å². The smallest absolute Gasteiger partial charge is 0.239 e. The Morgan fingerprint density at radius 3 is 2.12 bits per heavy atom. The minimum Gasteiger partial charge on any atom is -0.395 e. The third kappa shape index (κ3) is 7.11. The first kappa shape index (κ1) is 22.1. The molecule has 0 radical (unpaired) electrons. The number of rotatable bonds is 11. The summed E-state index contributed by atoms with van der Waals surface area (Å²) in [5, 5.41) is 23.5. The number of amides is 2. The van der Waals surface area contributed by atoms with E-state index < -0.39 is 5.41 Å². The molecule has 2 amide bonds. The topological polar surface area (TPSA) is 102 Å². The van der Waals surface area contributed by atoms with Crippen LogP contribution in [0.25, 0.3) is 0 Å². The van der Waals surface area contributed by atoms with Crippen molar-refractivity contribution in [3.05, 3.63) is 29.8 Å². The molecule has 0 fully saturated rings. The van der Waals surface area contributed by atoms with E-state index in [0.717, 1.165) is 5.56 Å². The molecular formula is C19H31N3O4. The molecule has 0 aromatic heterocycles. The fourth-order valence-corrected chi connectivity index (χ4v) is 2.37. The number of aliphatic hydroxyl groups excluding tert-OH is 2. The molecule has 0 atom stereocenters. The molecule has 146 valence electrons. The summed E-state index contributed by atoms with van der Waals surface area (Å²) in [5.74, 6) is -0.695. The molecule has 0 aliphatic rings. The van der Waals surface area contributed by atoms with E-state index in [1.807, 2.05) is 24.0 Å². The highest BCUT2D eigenvalue weighted by Gasteiger charge is 2.35. The van der Waals surface area contributed by atoms with Gasteiger partial charge in [0.05, 0.1) is 13.2 Å². The Morgan fingerprint density at radius 1 is 1.00 bits per heavy atom. The highest BCUT2D eigenvalue weighted by atomic mass is 16.3. The molecule has 0 aliphatic heterocycles. The molecule has 0 unspecified atom stereocenters. The second-order valence-electron chi connectivity index (χ2n) is 6.84. The molecule has 1 rings (SSSR count). The van der Waals surface area contributed by atoms with Crippen LogP contribution in [-0.2, 0) is 9.59 Å². The predicted molar refractivity (Wildman–Crippen MR) is 102 cm³/mol. The number of hydrogen-bond acceptors (Lipinski definition) is 5. The minimum absolute atomic E-state index is 0.0264. The van der Waals surface area contributed by atoms with Crippen LogP contribution in [-0.4, -0.2) is 66.3 Å². The average molecular weight is 365 g/mol. The fraction of sp³-hybridized carbons (Fsp3) is 0.579. The van der Waals surface area contributed by atoms with Gasteiger partial charge in [0, 0.05) is 25.3 Å². The summed E-state index contributed by atoms with van der Waals surface area (Å²) in [4.78, 5) is 26.7. The van der Waals surface area contributed by atoms with Gasteiger partial charge in [0.1, 0.15) is 5.41 Å². The number of benzene rings is 1. The first-order chi connectivity index (χ1) is 12.3. The third-order valence-electron chi connectivity index (χ3n) is 4.21. The van der Waals surface area contributed by atoms with E-state index in [0.29, 0.717) is 38.3 Å². The first-order valence-corrected chi connectivity index (χ1v) is 8.91. The Hall–Kier alpha value is -1.96. The molecule has 0 bridgehead atoms. The summed E-state index contributed by atoms with van der Waals surface area (Å²) in [7, 11) is 0. The van der Waals surface area contributed by atoms with Gasteiger partial charge in [0.2, 0.25) is 11.8 Å². The van der Waals surface area contributed by atoms with Gasteiger partial charge < -0.3 is 20.8 Å². The maximum absolute atomic E-state index is 12.4. The quantitative estimate of drug-likeness (QED) is 0.342.